The lowest BCUT2D eigenvalue weighted by molar-refractivity contribution is -0.132. The van der Waals surface area contributed by atoms with Gasteiger partial charge in [-0.3, -0.25) is 25.2 Å². The maximum absolute atomic E-state index is 12.2. The first-order valence-corrected chi connectivity index (χ1v) is 9.42. The molecule has 0 bridgehead atoms. The van der Waals surface area contributed by atoms with Crippen LogP contribution in [-0.4, -0.2) is 23.8 Å². The van der Waals surface area contributed by atoms with Gasteiger partial charge in [0.15, 0.2) is 6.10 Å². The Morgan fingerprint density at radius 2 is 1.62 bits per heavy atom. The third-order valence-electron chi connectivity index (χ3n) is 4.05. The highest BCUT2D eigenvalue weighted by molar-refractivity contribution is 6.30. The quantitative estimate of drug-likeness (QED) is 0.629. The fourth-order valence-corrected chi connectivity index (χ4v) is 3.01. The average Bonchev–Trinajstić information content (AvgIpc) is 2.63. The largest absolute Gasteiger partial charge is 0.480 e. The van der Waals surface area contributed by atoms with Crippen molar-refractivity contribution in [2.75, 3.05) is 5.32 Å². The minimum absolute atomic E-state index is 0.0747. The highest BCUT2D eigenvalue weighted by Gasteiger charge is 2.18. The summed E-state index contributed by atoms with van der Waals surface area (Å²) in [6, 6.07) is 10.4. The minimum atomic E-state index is -0.814. The number of rotatable bonds is 6. The van der Waals surface area contributed by atoms with E-state index in [1.165, 1.54) is 6.92 Å². The Bertz CT molecular complexity index is 890. The van der Waals surface area contributed by atoms with Crippen molar-refractivity contribution in [3.8, 4) is 5.75 Å². The fraction of sp³-hybridized carbons (Fsp3) is 0.286. The van der Waals surface area contributed by atoms with Crippen molar-refractivity contribution in [2.24, 2.45) is 0 Å². The summed E-state index contributed by atoms with van der Waals surface area (Å²) in [5.41, 5.74) is 7.76. The van der Waals surface area contributed by atoms with Gasteiger partial charge in [-0.15, -0.1) is 0 Å². The van der Waals surface area contributed by atoms with Crippen molar-refractivity contribution in [1.82, 2.24) is 10.9 Å². The van der Waals surface area contributed by atoms with Crippen LogP contribution in [0.25, 0.3) is 0 Å². The maximum Gasteiger partial charge on any atom is 0.279 e. The van der Waals surface area contributed by atoms with E-state index in [2.05, 4.69) is 16.2 Å². The van der Waals surface area contributed by atoms with Crippen molar-refractivity contribution in [3.63, 3.8) is 0 Å². The lowest BCUT2D eigenvalue weighted by Crippen LogP contribution is -2.47. The first-order valence-electron chi connectivity index (χ1n) is 9.04. The molecule has 0 saturated heterocycles. The number of nitrogens with one attached hydrogen (secondary N) is 3. The summed E-state index contributed by atoms with van der Waals surface area (Å²) in [6.07, 6.45) is -0.739. The van der Waals surface area contributed by atoms with Crippen molar-refractivity contribution in [1.29, 1.82) is 0 Å². The Balaban J connectivity index is 1.85. The van der Waals surface area contributed by atoms with Gasteiger partial charge in [0.1, 0.15) is 5.75 Å². The van der Waals surface area contributed by atoms with E-state index >= 15 is 0 Å². The number of carbonyl (C=O) groups is 3. The molecule has 154 valence electrons. The molecule has 0 aliphatic heterocycles. The van der Waals surface area contributed by atoms with Gasteiger partial charge in [0.05, 0.1) is 6.42 Å². The Morgan fingerprint density at radius 3 is 2.17 bits per heavy atom. The Labute approximate surface area is 174 Å². The fourth-order valence-electron chi connectivity index (χ4n) is 2.69. The number of benzene rings is 2. The van der Waals surface area contributed by atoms with E-state index < -0.39 is 12.0 Å². The standard InChI is InChI=1S/C21H24ClN3O4/c1-12-9-17(22)10-13(2)20(12)29-14(3)21(28)25-24-19(27)11-16-5-7-18(8-6-16)23-15(4)26/h5-10,14H,11H2,1-4H3,(H,23,26)(H,24,27)(H,25,28)/t14-/m1/s1. The summed E-state index contributed by atoms with van der Waals surface area (Å²) in [7, 11) is 0. The average molecular weight is 418 g/mol. The van der Waals surface area contributed by atoms with E-state index in [0.29, 0.717) is 16.5 Å². The first-order chi connectivity index (χ1) is 13.7. The molecule has 3 amide bonds. The molecule has 0 saturated carbocycles. The Hall–Kier alpha value is -3.06. The van der Waals surface area contributed by atoms with Gasteiger partial charge in [-0.1, -0.05) is 23.7 Å². The first kappa shape index (κ1) is 22.2. The highest BCUT2D eigenvalue weighted by atomic mass is 35.5. The predicted octanol–water partition coefficient (Wildman–Crippen LogP) is 3.07. The van der Waals surface area contributed by atoms with Gasteiger partial charge < -0.3 is 10.1 Å². The van der Waals surface area contributed by atoms with Gasteiger partial charge in [-0.25, -0.2) is 0 Å². The molecule has 0 aliphatic rings. The Morgan fingerprint density at radius 1 is 1.03 bits per heavy atom. The molecule has 0 unspecified atom stereocenters. The second kappa shape index (κ2) is 9.93. The number of carbonyl (C=O) groups excluding carboxylic acids is 3. The normalized spacial score (nSPS) is 11.3. The van der Waals surface area contributed by atoms with Gasteiger partial charge in [-0.05, 0) is 61.7 Å². The summed E-state index contributed by atoms with van der Waals surface area (Å²) in [6.45, 7) is 6.70. The van der Waals surface area contributed by atoms with E-state index in [4.69, 9.17) is 16.3 Å². The molecule has 2 rings (SSSR count). The molecule has 1 atom stereocenters. The molecule has 0 radical (unpaired) electrons. The molecule has 0 fully saturated rings. The van der Waals surface area contributed by atoms with E-state index in [1.807, 2.05) is 13.8 Å². The molecule has 8 heteroatoms. The maximum atomic E-state index is 12.2. The van der Waals surface area contributed by atoms with Crippen LogP contribution in [0.3, 0.4) is 0 Å². The number of hydrogen-bond donors (Lipinski definition) is 3. The summed E-state index contributed by atoms with van der Waals surface area (Å²) >= 11 is 6.00. The van der Waals surface area contributed by atoms with Crippen LogP contribution in [0, 0.1) is 13.8 Å². The number of hydrogen-bond acceptors (Lipinski definition) is 4. The molecule has 2 aromatic carbocycles. The number of amides is 3. The van der Waals surface area contributed by atoms with Gasteiger partial charge in [0.25, 0.3) is 5.91 Å². The molecule has 29 heavy (non-hydrogen) atoms. The van der Waals surface area contributed by atoms with Gasteiger partial charge >= 0.3 is 0 Å². The van der Waals surface area contributed by atoms with Crippen LogP contribution >= 0.6 is 11.6 Å². The number of aryl methyl sites for hydroxylation is 2. The molecular formula is C21H24ClN3O4. The third kappa shape index (κ3) is 6.80. The number of hydrazine groups is 1. The number of ether oxygens (including phenoxy) is 1. The van der Waals surface area contributed by atoms with E-state index in [-0.39, 0.29) is 18.2 Å². The van der Waals surface area contributed by atoms with E-state index in [9.17, 15) is 14.4 Å². The summed E-state index contributed by atoms with van der Waals surface area (Å²) < 4.78 is 5.73. The van der Waals surface area contributed by atoms with Crippen LogP contribution in [0.15, 0.2) is 36.4 Å². The zero-order valence-electron chi connectivity index (χ0n) is 16.8. The van der Waals surface area contributed by atoms with E-state index in [1.54, 1.807) is 43.3 Å². The van der Waals surface area contributed by atoms with Crippen LogP contribution in [0.2, 0.25) is 5.02 Å². The molecule has 0 aliphatic carbocycles. The number of halogens is 1. The van der Waals surface area contributed by atoms with Crippen LogP contribution in [0.4, 0.5) is 5.69 Å². The molecule has 0 spiro atoms. The monoisotopic (exact) mass is 417 g/mol. The minimum Gasteiger partial charge on any atom is -0.480 e. The summed E-state index contributed by atoms with van der Waals surface area (Å²) in [5.74, 6) is -0.439. The van der Waals surface area contributed by atoms with Crippen LogP contribution in [0.5, 0.6) is 5.75 Å². The van der Waals surface area contributed by atoms with Gasteiger partial charge in [-0.2, -0.15) is 0 Å². The second-order valence-electron chi connectivity index (χ2n) is 6.72. The highest BCUT2D eigenvalue weighted by Crippen LogP contribution is 2.27. The molecule has 2 aromatic rings. The van der Waals surface area contributed by atoms with Crippen molar-refractivity contribution >= 4 is 35.0 Å². The van der Waals surface area contributed by atoms with Crippen molar-refractivity contribution in [3.05, 3.63) is 58.1 Å². The molecule has 7 nitrogen and oxygen atoms in total. The lowest BCUT2D eigenvalue weighted by atomic mass is 10.1. The molecule has 3 N–H and O–H groups in total. The van der Waals surface area contributed by atoms with E-state index in [0.717, 1.165) is 16.7 Å². The smallest absolute Gasteiger partial charge is 0.279 e. The van der Waals surface area contributed by atoms with Crippen LogP contribution < -0.4 is 20.9 Å². The summed E-state index contributed by atoms with van der Waals surface area (Å²) in [4.78, 5) is 35.3. The zero-order chi connectivity index (χ0) is 21.6. The third-order valence-corrected chi connectivity index (χ3v) is 4.27. The van der Waals surface area contributed by atoms with Crippen LogP contribution in [0.1, 0.15) is 30.5 Å². The van der Waals surface area contributed by atoms with Crippen molar-refractivity contribution in [2.45, 2.75) is 40.2 Å². The summed E-state index contributed by atoms with van der Waals surface area (Å²) in [5, 5.41) is 3.25. The van der Waals surface area contributed by atoms with Crippen molar-refractivity contribution < 1.29 is 19.1 Å². The lowest BCUT2D eigenvalue weighted by Gasteiger charge is -2.18. The Kier molecular flexibility index (Phi) is 7.61. The zero-order valence-corrected chi connectivity index (χ0v) is 17.5. The number of anilines is 1. The predicted molar refractivity (Wildman–Crippen MR) is 112 cm³/mol. The molecule has 0 aromatic heterocycles. The SMILES string of the molecule is CC(=O)Nc1ccc(CC(=O)NNC(=O)[C@@H](C)Oc2c(C)cc(Cl)cc2C)cc1. The molecule has 0 heterocycles. The van der Waals surface area contributed by atoms with Crippen LogP contribution in [-0.2, 0) is 20.8 Å². The topological polar surface area (TPSA) is 96.5 Å². The van der Waals surface area contributed by atoms with Gasteiger partial charge in [0.2, 0.25) is 11.8 Å². The second-order valence-corrected chi connectivity index (χ2v) is 7.16. The molecular weight excluding hydrogens is 394 g/mol. The van der Waals surface area contributed by atoms with Gasteiger partial charge in [0, 0.05) is 17.6 Å².